The molecule has 23 heavy (non-hydrogen) atoms. The largest absolute Gasteiger partial charge is 0.471 e. The molecule has 1 aliphatic rings. The summed E-state index contributed by atoms with van der Waals surface area (Å²) >= 11 is 1.48. The number of nitrogens with one attached hydrogen (secondary N) is 1. The van der Waals surface area contributed by atoms with Crippen LogP contribution in [0, 0.1) is 5.92 Å². The maximum atomic E-state index is 12.3. The molecule has 2 heterocycles. The molecule has 0 atom stereocenters. The molecular formula is C14H18F3N3O2S. The van der Waals surface area contributed by atoms with Gasteiger partial charge < -0.3 is 10.2 Å². The number of carbonyl (C=O) groups is 2. The number of aromatic nitrogens is 1. The van der Waals surface area contributed by atoms with Crippen LogP contribution in [0.2, 0.25) is 0 Å². The van der Waals surface area contributed by atoms with E-state index in [0.717, 1.165) is 10.6 Å². The second-order valence-corrected chi connectivity index (χ2v) is 6.24. The zero-order valence-electron chi connectivity index (χ0n) is 12.4. The van der Waals surface area contributed by atoms with E-state index in [9.17, 15) is 22.8 Å². The van der Waals surface area contributed by atoms with Gasteiger partial charge in [0, 0.05) is 31.4 Å². The minimum Gasteiger partial charge on any atom is -0.356 e. The van der Waals surface area contributed by atoms with E-state index in [-0.39, 0.29) is 24.9 Å². The van der Waals surface area contributed by atoms with E-state index in [1.165, 1.54) is 11.3 Å². The molecule has 0 aliphatic carbocycles. The minimum atomic E-state index is -4.81. The normalized spacial score (nSPS) is 16.4. The van der Waals surface area contributed by atoms with Crippen molar-refractivity contribution in [2.24, 2.45) is 5.92 Å². The first-order valence-electron chi connectivity index (χ1n) is 7.36. The highest BCUT2D eigenvalue weighted by Gasteiger charge is 2.43. The van der Waals surface area contributed by atoms with Gasteiger partial charge in [-0.2, -0.15) is 13.2 Å². The lowest BCUT2D eigenvalue weighted by Crippen LogP contribution is -2.46. The van der Waals surface area contributed by atoms with E-state index in [0.29, 0.717) is 32.2 Å². The molecule has 0 spiro atoms. The first-order chi connectivity index (χ1) is 10.9. The molecule has 0 saturated carbocycles. The molecule has 0 bridgehead atoms. The Morgan fingerprint density at radius 2 is 2.04 bits per heavy atom. The van der Waals surface area contributed by atoms with Gasteiger partial charge in [0.15, 0.2) is 0 Å². The van der Waals surface area contributed by atoms with Gasteiger partial charge in [0.2, 0.25) is 5.91 Å². The highest BCUT2D eigenvalue weighted by atomic mass is 32.1. The zero-order valence-corrected chi connectivity index (χ0v) is 13.3. The molecule has 0 aromatic carbocycles. The van der Waals surface area contributed by atoms with E-state index in [1.54, 1.807) is 5.51 Å². The second-order valence-electron chi connectivity index (χ2n) is 5.52. The van der Waals surface area contributed by atoms with Gasteiger partial charge in [0.25, 0.3) is 0 Å². The van der Waals surface area contributed by atoms with Crippen molar-refractivity contribution in [1.29, 1.82) is 0 Å². The van der Waals surface area contributed by atoms with Gasteiger partial charge in [-0.15, -0.1) is 11.3 Å². The predicted molar refractivity (Wildman–Crippen MR) is 78.8 cm³/mol. The summed E-state index contributed by atoms with van der Waals surface area (Å²) in [6.07, 6.45) is -2.96. The third-order valence-electron chi connectivity index (χ3n) is 3.82. The molecule has 1 aromatic rings. The van der Waals surface area contributed by atoms with Crippen molar-refractivity contribution >= 4 is 23.2 Å². The number of aryl methyl sites for hydroxylation is 1. The molecule has 1 N–H and O–H groups in total. The first-order valence-corrected chi connectivity index (χ1v) is 8.30. The maximum Gasteiger partial charge on any atom is 0.471 e. The summed E-state index contributed by atoms with van der Waals surface area (Å²) < 4.78 is 37.0. The second kappa shape index (κ2) is 7.76. The predicted octanol–water partition coefficient (Wildman–Crippen LogP) is 1.99. The first kappa shape index (κ1) is 17.7. The van der Waals surface area contributed by atoms with Crippen LogP contribution in [-0.2, 0) is 16.0 Å². The van der Waals surface area contributed by atoms with Crippen molar-refractivity contribution in [3.8, 4) is 0 Å². The molecular weight excluding hydrogens is 331 g/mol. The Morgan fingerprint density at radius 1 is 1.35 bits per heavy atom. The molecule has 5 nitrogen and oxygen atoms in total. The fourth-order valence-corrected chi connectivity index (χ4v) is 3.06. The summed E-state index contributed by atoms with van der Waals surface area (Å²) in [5.41, 5.74) is 2.59. The van der Waals surface area contributed by atoms with E-state index in [1.807, 2.05) is 5.38 Å². The molecule has 1 aliphatic heterocycles. The van der Waals surface area contributed by atoms with Gasteiger partial charge in [-0.25, -0.2) is 4.98 Å². The van der Waals surface area contributed by atoms with E-state index in [2.05, 4.69) is 10.3 Å². The smallest absolute Gasteiger partial charge is 0.356 e. The number of thiazole rings is 1. The van der Waals surface area contributed by atoms with Crippen molar-refractivity contribution in [3.63, 3.8) is 0 Å². The molecule has 1 fully saturated rings. The lowest BCUT2D eigenvalue weighted by molar-refractivity contribution is -0.186. The van der Waals surface area contributed by atoms with Crippen LogP contribution >= 0.6 is 11.3 Å². The van der Waals surface area contributed by atoms with Gasteiger partial charge in [0.05, 0.1) is 11.2 Å². The molecule has 0 radical (unpaired) electrons. The molecule has 0 unspecified atom stereocenters. The average Bonchev–Trinajstić information content (AvgIpc) is 3.03. The van der Waals surface area contributed by atoms with Crippen LogP contribution in [0.3, 0.4) is 0 Å². The van der Waals surface area contributed by atoms with E-state index >= 15 is 0 Å². The Bertz CT molecular complexity index is 526. The molecule has 128 valence electrons. The Morgan fingerprint density at radius 3 is 2.61 bits per heavy atom. The number of likely N-dealkylation sites (tertiary alicyclic amines) is 1. The van der Waals surface area contributed by atoms with Crippen LogP contribution in [-0.4, -0.2) is 47.5 Å². The highest BCUT2D eigenvalue weighted by molar-refractivity contribution is 7.07. The fraction of sp³-hybridized carbons (Fsp3) is 0.643. The Balaban J connectivity index is 1.64. The number of hydrogen-bond acceptors (Lipinski definition) is 4. The number of piperidine rings is 1. The number of hydrogen-bond donors (Lipinski definition) is 1. The molecule has 2 amide bonds. The number of carbonyl (C=O) groups excluding carboxylic acids is 2. The summed E-state index contributed by atoms with van der Waals surface area (Å²) in [5, 5.41) is 4.69. The molecule has 1 aromatic heterocycles. The number of nitrogens with zero attached hydrogens (tertiary/aromatic N) is 2. The van der Waals surface area contributed by atoms with Crippen LogP contribution in [0.15, 0.2) is 10.9 Å². The lowest BCUT2D eigenvalue weighted by atomic mass is 9.96. The summed E-state index contributed by atoms with van der Waals surface area (Å²) in [7, 11) is 0. The van der Waals surface area contributed by atoms with Crippen LogP contribution in [0.5, 0.6) is 0 Å². The third-order valence-corrected chi connectivity index (χ3v) is 4.46. The van der Waals surface area contributed by atoms with Crippen LogP contribution < -0.4 is 5.32 Å². The molecule has 9 heteroatoms. The number of alkyl halides is 3. The van der Waals surface area contributed by atoms with Gasteiger partial charge in [0.1, 0.15) is 0 Å². The minimum absolute atomic E-state index is 0.0811. The van der Waals surface area contributed by atoms with E-state index in [4.69, 9.17) is 0 Å². The maximum absolute atomic E-state index is 12.3. The Kier molecular flexibility index (Phi) is 5.97. The van der Waals surface area contributed by atoms with Crippen LogP contribution in [0.25, 0.3) is 0 Å². The Hall–Kier alpha value is -1.64. The molecule has 1 saturated heterocycles. The highest BCUT2D eigenvalue weighted by Crippen LogP contribution is 2.23. The van der Waals surface area contributed by atoms with Crippen molar-refractivity contribution in [2.75, 3.05) is 19.6 Å². The number of halogens is 3. The zero-order chi connectivity index (χ0) is 16.9. The van der Waals surface area contributed by atoms with Crippen molar-refractivity contribution in [2.45, 2.75) is 31.9 Å². The number of rotatable bonds is 5. The number of amides is 2. The third kappa shape index (κ3) is 5.49. The summed E-state index contributed by atoms with van der Waals surface area (Å²) in [6.45, 7) is 0.597. The fourth-order valence-electron chi connectivity index (χ4n) is 2.47. The standard InChI is InChI=1S/C14H18F3N3O2S/c15-14(16,17)13(22)20-5-3-10(4-6-20)7-18-12(21)2-1-11-8-23-9-19-11/h8-10H,1-7H2,(H,18,21). The summed E-state index contributed by atoms with van der Waals surface area (Å²) in [5.74, 6) is -1.76. The van der Waals surface area contributed by atoms with Crippen molar-refractivity contribution in [1.82, 2.24) is 15.2 Å². The summed E-state index contributed by atoms with van der Waals surface area (Å²) in [4.78, 5) is 27.8. The topological polar surface area (TPSA) is 62.3 Å². The van der Waals surface area contributed by atoms with Crippen molar-refractivity contribution in [3.05, 3.63) is 16.6 Å². The molecule has 2 rings (SSSR count). The SMILES string of the molecule is O=C(CCc1cscn1)NCC1CCN(C(=O)C(F)(F)F)CC1. The quantitative estimate of drug-likeness (QED) is 0.884. The summed E-state index contributed by atoms with van der Waals surface area (Å²) in [6, 6.07) is 0. The van der Waals surface area contributed by atoms with E-state index < -0.39 is 12.1 Å². The van der Waals surface area contributed by atoms with Gasteiger partial charge in [-0.1, -0.05) is 0 Å². The van der Waals surface area contributed by atoms with Gasteiger partial charge >= 0.3 is 12.1 Å². The van der Waals surface area contributed by atoms with Gasteiger partial charge in [-0.3, -0.25) is 9.59 Å². The van der Waals surface area contributed by atoms with Crippen molar-refractivity contribution < 1.29 is 22.8 Å². The van der Waals surface area contributed by atoms with Crippen LogP contribution in [0.1, 0.15) is 25.0 Å². The monoisotopic (exact) mass is 349 g/mol. The Labute approximate surface area is 135 Å². The van der Waals surface area contributed by atoms with Crippen LogP contribution in [0.4, 0.5) is 13.2 Å². The average molecular weight is 349 g/mol. The lowest BCUT2D eigenvalue weighted by Gasteiger charge is -2.32. The van der Waals surface area contributed by atoms with Gasteiger partial charge in [-0.05, 0) is 25.2 Å².